The van der Waals surface area contributed by atoms with E-state index in [0.717, 1.165) is 31.2 Å². The lowest BCUT2D eigenvalue weighted by molar-refractivity contribution is 0.406. The van der Waals surface area contributed by atoms with E-state index in [1.165, 1.54) is 37.1 Å². The maximum Gasteiger partial charge on any atom is 0.123 e. The van der Waals surface area contributed by atoms with Crippen LogP contribution in [0, 0.1) is 5.92 Å². The molecule has 1 saturated heterocycles. The van der Waals surface area contributed by atoms with Gasteiger partial charge in [-0.25, -0.2) is 0 Å². The average molecular weight is 262 g/mol. The van der Waals surface area contributed by atoms with Crippen LogP contribution in [0.4, 0.5) is 0 Å². The molecule has 2 N–H and O–H groups in total. The van der Waals surface area contributed by atoms with Gasteiger partial charge in [0.2, 0.25) is 0 Å². The Balaban J connectivity index is 1.80. The lowest BCUT2D eigenvalue weighted by Crippen LogP contribution is -2.19. The zero-order valence-corrected chi connectivity index (χ0v) is 12.2. The molecule has 0 aliphatic carbocycles. The molecular weight excluding hydrogens is 236 g/mol. The van der Waals surface area contributed by atoms with Gasteiger partial charge in [0, 0.05) is 12.1 Å². The Morgan fingerprint density at radius 1 is 1.42 bits per heavy atom. The quantitative estimate of drug-likeness (QED) is 0.740. The van der Waals surface area contributed by atoms with E-state index in [1.54, 1.807) is 7.11 Å². The minimum absolute atomic E-state index is 0.858. The third-order valence-corrected chi connectivity index (χ3v) is 3.96. The van der Waals surface area contributed by atoms with Gasteiger partial charge in [-0.05, 0) is 56.4 Å². The highest BCUT2D eigenvalue weighted by molar-refractivity contribution is 5.37. The van der Waals surface area contributed by atoms with E-state index in [9.17, 15) is 0 Å². The molecule has 1 heterocycles. The van der Waals surface area contributed by atoms with Gasteiger partial charge in [-0.3, -0.25) is 0 Å². The zero-order valence-electron chi connectivity index (χ0n) is 12.2. The van der Waals surface area contributed by atoms with Crippen LogP contribution in [0.2, 0.25) is 0 Å². The van der Waals surface area contributed by atoms with Crippen molar-refractivity contribution < 1.29 is 4.74 Å². The van der Waals surface area contributed by atoms with Crippen LogP contribution in [0.3, 0.4) is 0 Å². The van der Waals surface area contributed by atoms with Crippen LogP contribution in [0.1, 0.15) is 30.9 Å². The van der Waals surface area contributed by atoms with Crippen molar-refractivity contribution in [1.29, 1.82) is 0 Å². The van der Waals surface area contributed by atoms with Gasteiger partial charge in [0.1, 0.15) is 5.75 Å². The highest BCUT2D eigenvalue weighted by atomic mass is 16.5. The van der Waals surface area contributed by atoms with Crippen molar-refractivity contribution in [3.05, 3.63) is 29.3 Å². The minimum atomic E-state index is 0.858. The molecular formula is C16H26N2O. The van der Waals surface area contributed by atoms with E-state index in [2.05, 4.69) is 35.8 Å². The van der Waals surface area contributed by atoms with Crippen molar-refractivity contribution in [3.63, 3.8) is 0 Å². The second-order valence-electron chi connectivity index (χ2n) is 5.32. The number of rotatable bonds is 7. The summed E-state index contributed by atoms with van der Waals surface area (Å²) in [5.41, 5.74) is 2.64. The van der Waals surface area contributed by atoms with Crippen molar-refractivity contribution >= 4 is 0 Å². The van der Waals surface area contributed by atoms with Gasteiger partial charge in [0.05, 0.1) is 7.11 Å². The molecule has 3 nitrogen and oxygen atoms in total. The van der Waals surface area contributed by atoms with Crippen LogP contribution in [0.5, 0.6) is 5.75 Å². The van der Waals surface area contributed by atoms with Crippen molar-refractivity contribution in [2.75, 3.05) is 26.7 Å². The summed E-state index contributed by atoms with van der Waals surface area (Å²) in [6, 6.07) is 6.48. The molecule has 1 fully saturated rings. The van der Waals surface area contributed by atoms with Gasteiger partial charge in [0.15, 0.2) is 0 Å². The monoisotopic (exact) mass is 262 g/mol. The largest absolute Gasteiger partial charge is 0.496 e. The lowest BCUT2D eigenvalue weighted by atomic mass is 10.0. The molecule has 1 aliphatic rings. The number of aryl methyl sites for hydroxylation is 1. The molecule has 1 aliphatic heterocycles. The third kappa shape index (κ3) is 4.22. The second-order valence-corrected chi connectivity index (χ2v) is 5.32. The number of benzene rings is 1. The highest BCUT2D eigenvalue weighted by Crippen LogP contribution is 2.20. The van der Waals surface area contributed by atoms with E-state index in [0.29, 0.717) is 0 Å². The van der Waals surface area contributed by atoms with Crippen LogP contribution < -0.4 is 15.4 Å². The van der Waals surface area contributed by atoms with Crippen molar-refractivity contribution in [2.45, 2.75) is 32.7 Å². The minimum Gasteiger partial charge on any atom is -0.496 e. The van der Waals surface area contributed by atoms with Crippen LogP contribution in [0.25, 0.3) is 0 Å². The van der Waals surface area contributed by atoms with E-state index in [1.807, 2.05) is 0 Å². The molecule has 0 bridgehead atoms. The average Bonchev–Trinajstić information content (AvgIpc) is 2.96. The van der Waals surface area contributed by atoms with Gasteiger partial charge in [0.25, 0.3) is 0 Å². The van der Waals surface area contributed by atoms with Crippen molar-refractivity contribution in [1.82, 2.24) is 10.6 Å². The fourth-order valence-electron chi connectivity index (χ4n) is 2.68. The summed E-state index contributed by atoms with van der Waals surface area (Å²) >= 11 is 0. The highest BCUT2D eigenvalue weighted by Gasteiger charge is 2.13. The third-order valence-electron chi connectivity index (χ3n) is 3.96. The second kappa shape index (κ2) is 7.51. The summed E-state index contributed by atoms with van der Waals surface area (Å²) in [4.78, 5) is 0. The van der Waals surface area contributed by atoms with E-state index >= 15 is 0 Å². The fourth-order valence-corrected chi connectivity index (χ4v) is 2.68. The van der Waals surface area contributed by atoms with Crippen LogP contribution in [0.15, 0.2) is 18.2 Å². The Morgan fingerprint density at radius 2 is 2.32 bits per heavy atom. The molecule has 2 rings (SSSR count). The predicted octanol–water partition coefficient (Wildman–Crippen LogP) is 2.35. The fraction of sp³-hybridized carbons (Fsp3) is 0.625. The molecule has 0 radical (unpaired) electrons. The number of methoxy groups -OCH3 is 1. The maximum absolute atomic E-state index is 5.43. The molecule has 0 spiro atoms. The van der Waals surface area contributed by atoms with Crippen LogP contribution in [-0.2, 0) is 13.0 Å². The normalized spacial score (nSPS) is 18.7. The molecule has 106 valence electrons. The summed E-state index contributed by atoms with van der Waals surface area (Å²) in [6.45, 7) is 6.56. The molecule has 3 heteroatoms. The number of nitrogens with one attached hydrogen (secondary N) is 2. The molecule has 0 aromatic heterocycles. The van der Waals surface area contributed by atoms with E-state index < -0.39 is 0 Å². The Kier molecular flexibility index (Phi) is 5.67. The van der Waals surface area contributed by atoms with Gasteiger partial charge < -0.3 is 15.4 Å². The summed E-state index contributed by atoms with van der Waals surface area (Å²) < 4.78 is 5.43. The lowest BCUT2D eigenvalue weighted by Gasteiger charge is -2.12. The van der Waals surface area contributed by atoms with Gasteiger partial charge in [-0.2, -0.15) is 0 Å². The molecule has 1 aromatic rings. The molecule has 0 amide bonds. The summed E-state index contributed by atoms with van der Waals surface area (Å²) in [7, 11) is 1.74. The molecule has 19 heavy (non-hydrogen) atoms. The zero-order chi connectivity index (χ0) is 13.5. The Hall–Kier alpha value is -1.06. The van der Waals surface area contributed by atoms with Crippen molar-refractivity contribution in [3.8, 4) is 5.75 Å². The first kappa shape index (κ1) is 14.4. The van der Waals surface area contributed by atoms with Gasteiger partial charge >= 0.3 is 0 Å². The van der Waals surface area contributed by atoms with Crippen LogP contribution in [-0.4, -0.2) is 26.7 Å². The number of hydrogen-bond acceptors (Lipinski definition) is 3. The van der Waals surface area contributed by atoms with Gasteiger partial charge in [-0.1, -0.05) is 19.1 Å². The molecule has 1 aromatic carbocycles. The molecule has 1 unspecified atom stereocenters. The first-order valence-corrected chi connectivity index (χ1v) is 7.40. The Bertz CT molecular complexity index is 386. The van der Waals surface area contributed by atoms with Crippen LogP contribution >= 0.6 is 0 Å². The maximum atomic E-state index is 5.43. The Labute approximate surface area is 116 Å². The summed E-state index contributed by atoms with van der Waals surface area (Å²) in [5, 5.41) is 6.96. The topological polar surface area (TPSA) is 33.3 Å². The first-order chi connectivity index (χ1) is 9.33. The SMILES string of the molecule is CCc1ccc(OC)c(CNCCC2CCNC2)c1. The van der Waals surface area contributed by atoms with Gasteiger partial charge in [-0.15, -0.1) is 0 Å². The van der Waals surface area contributed by atoms with Crippen molar-refractivity contribution in [2.24, 2.45) is 5.92 Å². The Morgan fingerprint density at radius 3 is 3.00 bits per heavy atom. The summed E-state index contributed by atoms with van der Waals surface area (Å²) in [5.74, 6) is 1.85. The predicted molar refractivity (Wildman–Crippen MR) is 79.7 cm³/mol. The van der Waals surface area contributed by atoms with E-state index in [-0.39, 0.29) is 0 Å². The first-order valence-electron chi connectivity index (χ1n) is 7.40. The molecule has 0 saturated carbocycles. The number of ether oxygens (including phenoxy) is 1. The van der Waals surface area contributed by atoms with E-state index in [4.69, 9.17) is 4.74 Å². The number of hydrogen-bond donors (Lipinski definition) is 2. The smallest absolute Gasteiger partial charge is 0.123 e. The summed E-state index contributed by atoms with van der Waals surface area (Å²) in [6.07, 6.45) is 3.67. The standard InChI is InChI=1S/C16H26N2O/c1-3-13-4-5-16(19-2)15(10-13)12-18-9-7-14-6-8-17-11-14/h4-5,10,14,17-18H,3,6-9,11-12H2,1-2H3. The molecule has 1 atom stereocenters.